The molecule has 0 aliphatic rings. The largest absolute Gasteiger partial charge is 0.367 e. The number of ether oxygens (including phenoxy) is 1. The van der Waals surface area contributed by atoms with E-state index in [0.29, 0.717) is 0 Å². The predicted molar refractivity (Wildman–Crippen MR) is 74.7 cm³/mol. The topological polar surface area (TPSA) is 69.4 Å². The van der Waals surface area contributed by atoms with Crippen LogP contribution in [0.5, 0.6) is 0 Å². The highest BCUT2D eigenvalue weighted by Gasteiger charge is 2.40. The molecule has 0 aromatic heterocycles. The summed E-state index contributed by atoms with van der Waals surface area (Å²) in [6.07, 6.45) is 0.881. The van der Waals surface area contributed by atoms with Crippen molar-refractivity contribution in [2.45, 2.75) is 66.6 Å². The van der Waals surface area contributed by atoms with Crippen molar-refractivity contribution in [1.29, 1.82) is 0 Å². The Morgan fingerprint density at radius 2 is 1.74 bits per heavy atom. The molecule has 0 aromatic carbocycles. The van der Waals surface area contributed by atoms with E-state index in [-0.39, 0.29) is 28.8 Å². The van der Waals surface area contributed by atoms with Gasteiger partial charge in [0, 0.05) is 4.92 Å². The number of nitrogens with zero attached hydrogens (tertiary/aromatic N) is 1. The van der Waals surface area contributed by atoms with Gasteiger partial charge in [0.15, 0.2) is 5.78 Å². The highest BCUT2D eigenvalue weighted by molar-refractivity contribution is 5.80. The molecule has 0 heterocycles. The first-order chi connectivity index (χ1) is 8.63. The van der Waals surface area contributed by atoms with Gasteiger partial charge in [0.05, 0.1) is 12.0 Å². The van der Waals surface area contributed by atoms with Crippen LogP contribution in [0, 0.1) is 21.4 Å². The van der Waals surface area contributed by atoms with Crippen LogP contribution in [0.25, 0.3) is 0 Å². The van der Waals surface area contributed by atoms with E-state index in [1.54, 1.807) is 0 Å². The molecule has 2 atom stereocenters. The first-order valence-corrected chi connectivity index (χ1v) is 6.91. The summed E-state index contributed by atoms with van der Waals surface area (Å²) >= 11 is 0. The van der Waals surface area contributed by atoms with Gasteiger partial charge >= 0.3 is 0 Å². The minimum Gasteiger partial charge on any atom is -0.367 e. The van der Waals surface area contributed by atoms with Crippen LogP contribution < -0.4 is 0 Å². The van der Waals surface area contributed by atoms with E-state index in [2.05, 4.69) is 0 Å². The van der Waals surface area contributed by atoms with Gasteiger partial charge in [-0.1, -0.05) is 34.6 Å². The molecule has 0 fully saturated rings. The van der Waals surface area contributed by atoms with E-state index in [9.17, 15) is 14.9 Å². The number of carbonyl (C=O) groups excluding carboxylic acids is 1. The summed E-state index contributed by atoms with van der Waals surface area (Å²) in [7, 11) is 0. The van der Waals surface area contributed by atoms with Crippen LogP contribution in [0.1, 0.15) is 54.4 Å². The normalized spacial score (nSPS) is 15.3. The number of nitro groups is 1. The number of hydrogen-bond donors (Lipinski definition) is 0. The van der Waals surface area contributed by atoms with Crippen molar-refractivity contribution in [2.24, 2.45) is 11.3 Å². The fourth-order valence-electron chi connectivity index (χ4n) is 2.15. The fraction of sp³-hybridized carbons (Fsp3) is 0.929. The van der Waals surface area contributed by atoms with Crippen molar-refractivity contribution < 1.29 is 14.5 Å². The van der Waals surface area contributed by atoms with Crippen LogP contribution in [-0.2, 0) is 9.53 Å². The van der Waals surface area contributed by atoms with E-state index in [1.807, 2.05) is 34.6 Å². The van der Waals surface area contributed by atoms with Gasteiger partial charge in [-0.15, -0.1) is 0 Å². The van der Waals surface area contributed by atoms with Crippen LogP contribution in [0.2, 0.25) is 0 Å². The Bertz CT molecular complexity index is 305. The molecule has 0 N–H and O–H groups in total. The van der Waals surface area contributed by atoms with Gasteiger partial charge in [0.25, 0.3) is 0 Å². The average molecular weight is 273 g/mol. The Morgan fingerprint density at radius 3 is 2.00 bits per heavy atom. The Balaban J connectivity index is 5.17. The van der Waals surface area contributed by atoms with Crippen molar-refractivity contribution in [1.82, 2.24) is 0 Å². The van der Waals surface area contributed by atoms with Gasteiger partial charge in [0.2, 0.25) is 6.54 Å². The molecule has 0 saturated heterocycles. The Kier molecular flexibility index (Phi) is 7.19. The second-order valence-corrected chi connectivity index (χ2v) is 6.09. The molecule has 0 rings (SSSR count). The van der Waals surface area contributed by atoms with Crippen LogP contribution in [-0.4, -0.2) is 29.5 Å². The number of carbonyl (C=O) groups is 1. The molecule has 0 aliphatic heterocycles. The minimum atomic E-state index is -0.699. The fourth-order valence-corrected chi connectivity index (χ4v) is 2.15. The van der Waals surface area contributed by atoms with Crippen LogP contribution in [0.3, 0.4) is 0 Å². The predicted octanol–water partition coefficient (Wildman–Crippen LogP) is 3.09. The maximum atomic E-state index is 11.8. The lowest BCUT2D eigenvalue weighted by Gasteiger charge is -2.34. The molecule has 0 aliphatic carbocycles. The molecule has 0 bridgehead atoms. The summed E-state index contributed by atoms with van der Waals surface area (Å²) in [4.78, 5) is 22.3. The van der Waals surface area contributed by atoms with Crippen molar-refractivity contribution in [3.8, 4) is 0 Å². The molecular formula is C14H27NO4. The van der Waals surface area contributed by atoms with Crippen LogP contribution >= 0.6 is 0 Å². The summed E-state index contributed by atoms with van der Waals surface area (Å²) < 4.78 is 5.85. The minimum absolute atomic E-state index is 0.0227. The van der Waals surface area contributed by atoms with Gasteiger partial charge in [-0.05, 0) is 25.2 Å². The van der Waals surface area contributed by atoms with E-state index in [0.717, 1.165) is 12.8 Å². The Hall–Kier alpha value is -0.970. The van der Waals surface area contributed by atoms with Gasteiger partial charge in [0.1, 0.15) is 6.10 Å². The number of rotatable bonds is 8. The highest BCUT2D eigenvalue weighted by atomic mass is 16.6. The van der Waals surface area contributed by atoms with Crippen LogP contribution in [0.4, 0.5) is 0 Å². The third-order valence-corrected chi connectivity index (χ3v) is 3.47. The zero-order valence-electron chi connectivity index (χ0n) is 12.9. The van der Waals surface area contributed by atoms with Crippen LogP contribution in [0.15, 0.2) is 0 Å². The van der Waals surface area contributed by atoms with Crippen molar-refractivity contribution in [3.63, 3.8) is 0 Å². The molecule has 0 spiro atoms. The lowest BCUT2D eigenvalue weighted by Crippen LogP contribution is -2.44. The van der Waals surface area contributed by atoms with E-state index in [1.165, 1.54) is 6.92 Å². The average Bonchev–Trinajstić information content (AvgIpc) is 2.26. The summed E-state index contributed by atoms with van der Waals surface area (Å²) in [5, 5.41) is 10.8. The standard InChI is InChI=1S/C14H27NO4/c1-7-11(8-2)19-13(10(3)16)12(9-15(17)18)14(4,5)6/h11-13H,7-9H2,1-6H3/t12-,13-/m1/s1. The summed E-state index contributed by atoms with van der Waals surface area (Å²) in [5.41, 5.74) is -0.352. The highest BCUT2D eigenvalue weighted by Crippen LogP contribution is 2.32. The van der Waals surface area contributed by atoms with E-state index in [4.69, 9.17) is 4.74 Å². The third-order valence-electron chi connectivity index (χ3n) is 3.47. The molecular weight excluding hydrogens is 246 g/mol. The SMILES string of the molecule is CCC(CC)O[C@H](C(C)=O)[C@@H](C[N+](=O)[O-])C(C)(C)C. The Morgan fingerprint density at radius 1 is 1.26 bits per heavy atom. The van der Waals surface area contributed by atoms with Crippen molar-refractivity contribution in [2.75, 3.05) is 6.54 Å². The van der Waals surface area contributed by atoms with E-state index < -0.39 is 12.0 Å². The molecule has 0 amide bonds. The second kappa shape index (κ2) is 7.58. The zero-order valence-corrected chi connectivity index (χ0v) is 12.9. The monoisotopic (exact) mass is 273 g/mol. The lowest BCUT2D eigenvalue weighted by atomic mass is 9.76. The summed E-state index contributed by atoms with van der Waals surface area (Å²) in [5.74, 6) is -0.547. The number of hydrogen-bond acceptors (Lipinski definition) is 4. The molecule has 0 unspecified atom stereocenters. The first-order valence-electron chi connectivity index (χ1n) is 6.91. The zero-order chi connectivity index (χ0) is 15.2. The molecule has 0 saturated carbocycles. The molecule has 5 nitrogen and oxygen atoms in total. The Labute approximate surface area is 115 Å². The molecule has 112 valence electrons. The quantitative estimate of drug-likeness (QED) is 0.503. The van der Waals surface area contributed by atoms with Crippen molar-refractivity contribution in [3.05, 3.63) is 10.1 Å². The smallest absolute Gasteiger partial charge is 0.210 e. The molecule has 5 heteroatoms. The number of ketones is 1. The summed E-state index contributed by atoms with van der Waals surface area (Å²) in [6.45, 7) is 10.9. The van der Waals surface area contributed by atoms with Crippen molar-refractivity contribution >= 4 is 5.78 Å². The van der Waals surface area contributed by atoms with Gasteiger partial charge in [-0.2, -0.15) is 0 Å². The molecule has 0 aromatic rings. The van der Waals surface area contributed by atoms with E-state index >= 15 is 0 Å². The molecule has 0 radical (unpaired) electrons. The second-order valence-electron chi connectivity index (χ2n) is 6.09. The van der Waals surface area contributed by atoms with Gasteiger partial charge in [-0.25, -0.2) is 0 Å². The summed E-state index contributed by atoms with van der Waals surface area (Å²) in [6, 6.07) is 0. The maximum absolute atomic E-state index is 11.8. The first kappa shape index (κ1) is 18.0. The maximum Gasteiger partial charge on any atom is 0.210 e. The molecule has 19 heavy (non-hydrogen) atoms. The number of Topliss-reactive ketones (excluding diaryl/α,β-unsaturated/α-hetero) is 1. The van der Waals surface area contributed by atoms with Gasteiger partial charge in [-0.3, -0.25) is 14.9 Å². The third kappa shape index (κ3) is 6.14. The van der Waals surface area contributed by atoms with Gasteiger partial charge < -0.3 is 4.74 Å². The lowest BCUT2D eigenvalue weighted by molar-refractivity contribution is -0.494.